The monoisotopic (exact) mass is 376 g/mol. The van der Waals surface area contributed by atoms with Crippen LogP contribution in [0.1, 0.15) is 17.5 Å². The lowest BCUT2D eigenvalue weighted by atomic mass is 10.1. The lowest BCUT2D eigenvalue weighted by Gasteiger charge is -2.31. The van der Waals surface area contributed by atoms with Gasteiger partial charge in [0.1, 0.15) is 0 Å². The van der Waals surface area contributed by atoms with Crippen molar-refractivity contribution in [1.82, 2.24) is 9.97 Å². The van der Waals surface area contributed by atoms with Crippen molar-refractivity contribution in [2.45, 2.75) is 20.3 Å². The smallest absolute Gasteiger partial charge is 0.279 e. The number of anilines is 4. The van der Waals surface area contributed by atoms with E-state index in [1.54, 1.807) is 5.12 Å². The Labute approximate surface area is 141 Å². The third-order valence-electron chi connectivity index (χ3n) is 4.18. The number of nitrogens with zero attached hydrogens (tertiary/aromatic N) is 3. The quantitative estimate of drug-likeness (QED) is 0.747. The van der Waals surface area contributed by atoms with Gasteiger partial charge in [-0.25, -0.2) is 0 Å². The maximum absolute atomic E-state index is 12.3. The molecule has 8 heteroatoms. The highest BCUT2D eigenvalue weighted by atomic mass is 79.9. The van der Waals surface area contributed by atoms with Crippen LogP contribution in [-0.4, -0.2) is 23.1 Å². The molecule has 1 fully saturated rings. The Morgan fingerprint density at radius 1 is 1.17 bits per heavy atom. The zero-order valence-corrected chi connectivity index (χ0v) is 14.5. The molecule has 0 saturated carbocycles. The van der Waals surface area contributed by atoms with E-state index in [2.05, 4.69) is 41.6 Å². The number of nitrogens with one attached hydrogen (secondary N) is 3. The van der Waals surface area contributed by atoms with Crippen LogP contribution in [0, 0.1) is 13.8 Å². The number of aryl methyl sites for hydroxylation is 2. The molecule has 3 N–H and O–H groups in total. The summed E-state index contributed by atoms with van der Waals surface area (Å²) in [5.41, 5.74) is 9.72. The number of benzene rings is 1. The van der Waals surface area contributed by atoms with Crippen molar-refractivity contribution in [3.8, 4) is 0 Å². The molecular formula is C15H17BrN6O. The van der Waals surface area contributed by atoms with Gasteiger partial charge in [0, 0.05) is 17.6 Å². The average Bonchev–Trinajstić information content (AvgIpc) is 2.79. The molecule has 120 valence electrons. The van der Waals surface area contributed by atoms with Crippen LogP contribution in [0.3, 0.4) is 0 Å². The maximum Gasteiger partial charge on any atom is 0.279 e. The fraction of sp³-hybridized carbons (Fsp3) is 0.333. The Balaban J connectivity index is 1.70. The summed E-state index contributed by atoms with van der Waals surface area (Å²) in [6.45, 7) is 5.93. The van der Waals surface area contributed by atoms with E-state index in [9.17, 15) is 4.79 Å². The third kappa shape index (κ3) is 2.33. The number of rotatable bonds is 2. The summed E-state index contributed by atoms with van der Waals surface area (Å²) < 4.78 is 1.03. The Morgan fingerprint density at radius 3 is 2.48 bits per heavy atom. The minimum Gasteiger partial charge on any atom is -0.342 e. The number of halogens is 1. The van der Waals surface area contributed by atoms with Crippen molar-refractivity contribution in [2.24, 2.45) is 0 Å². The van der Waals surface area contributed by atoms with Crippen LogP contribution in [0.15, 0.2) is 21.4 Å². The van der Waals surface area contributed by atoms with Crippen LogP contribution in [0.25, 0.3) is 0 Å². The summed E-state index contributed by atoms with van der Waals surface area (Å²) >= 11 is 3.50. The van der Waals surface area contributed by atoms with Crippen LogP contribution in [-0.2, 0) is 0 Å². The fourth-order valence-corrected chi connectivity index (χ4v) is 3.62. The minimum atomic E-state index is -0.167. The molecule has 0 atom stereocenters. The summed E-state index contributed by atoms with van der Waals surface area (Å²) in [6, 6.07) is 4.08. The van der Waals surface area contributed by atoms with Crippen LogP contribution in [0.4, 0.5) is 23.1 Å². The van der Waals surface area contributed by atoms with Gasteiger partial charge in [0.25, 0.3) is 5.56 Å². The first-order valence-corrected chi connectivity index (χ1v) is 8.31. The van der Waals surface area contributed by atoms with Crippen LogP contribution < -0.4 is 26.4 Å². The summed E-state index contributed by atoms with van der Waals surface area (Å²) in [5.74, 6) is 1.18. The Hall–Kier alpha value is -2.22. The number of H-pyrrole nitrogens is 1. The van der Waals surface area contributed by atoms with Crippen molar-refractivity contribution in [3.05, 3.63) is 38.1 Å². The van der Waals surface area contributed by atoms with Gasteiger partial charge in [0.05, 0.1) is 5.69 Å². The maximum atomic E-state index is 12.3. The highest BCUT2D eigenvalue weighted by molar-refractivity contribution is 9.10. The molecular weight excluding hydrogens is 360 g/mol. The van der Waals surface area contributed by atoms with Gasteiger partial charge in [-0.3, -0.25) is 20.6 Å². The molecule has 1 aromatic carbocycles. The van der Waals surface area contributed by atoms with E-state index < -0.39 is 0 Å². The predicted octanol–water partition coefficient (Wildman–Crippen LogP) is 2.53. The Kier molecular flexibility index (Phi) is 3.22. The fourth-order valence-electron chi connectivity index (χ4n) is 2.94. The van der Waals surface area contributed by atoms with Crippen molar-refractivity contribution in [1.29, 1.82) is 0 Å². The molecule has 0 amide bonds. The molecule has 0 spiro atoms. The molecule has 3 heterocycles. The second kappa shape index (κ2) is 5.16. The molecule has 2 aliphatic rings. The van der Waals surface area contributed by atoms with Gasteiger partial charge >= 0.3 is 0 Å². The standard InChI is InChI=1S/C15H17BrN6O/c1-8-6-10(16)7-9(2)12(8)22-19-11-13(20-22)17-15(18-14(11)23)21-4-3-5-21/h6-7,19H,3-5H2,1-2H3,(H2,17,18,20,23). The minimum absolute atomic E-state index is 0.167. The van der Waals surface area contributed by atoms with E-state index in [0.717, 1.165) is 40.8 Å². The molecule has 2 aromatic rings. The second-order valence-electron chi connectivity index (χ2n) is 5.90. The van der Waals surface area contributed by atoms with E-state index >= 15 is 0 Å². The van der Waals surface area contributed by atoms with E-state index in [1.807, 2.05) is 26.0 Å². The molecule has 4 rings (SSSR count). The first-order valence-electron chi connectivity index (χ1n) is 7.52. The van der Waals surface area contributed by atoms with Gasteiger partial charge < -0.3 is 4.90 Å². The lowest BCUT2D eigenvalue weighted by molar-refractivity contribution is 0.600. The van der Waals surface area contributed by atoms with Crippen LogP contribution in [0.5, 0.6) is 0 Å². The van der Waals surface area contributed by atoms with Gasteiger partial charge in [-0.2, -0.15) is 10.1 Å². The predicted molar refractivity (Wildman–Crippen MR) is 95.0 cm³/mol. The number of fused-ring (bicyclic) bond motifs is 1. The van der Waals surface area contributed by atoms with Crippen molar-refractivity contribution < 1.29 is 0 Å². The van der Waals surface area contributed by atoms with Crippen molar-refractivity contribution in [2.75, 3.05) is 34.0 Å². The van der Waals surface area contributed by atoms with Crippen molar-refractivity contribution in [3.63, 3.8) is 0 Å². The summed E-state index contributed by atoms with van der Waals surface area (Å²) in [6.07, 6.45) is 1.13. The Bertz CT molecular complexity index is 821. The average molecular weight is 377 g/mol. The Morgan fingerprint density at radius 2 is 1.87 bits per heavy atom. The molecule has 2 aliphatic heterocycles. The van der Waals surface area contributed by atoms with Gasteiger partial charge in [0.2, 0.25) is 5.95 Å². The molecule has 0 radical (unpaired) electrons. The van der Waals surface area contributed by atoms with E-state index in [1.165, 1.54) is 0 Å². The van der Waals surface area contributed by atoms with Gasteiger partial charge in [-0.15, -0.1) is 0 Å². The molecule has 0 unspecified atom stereocenters. The normalized spacial score (nSPS) is 15.8. The number of hydrogen-bond acceptors (Lipinski definition) is 6. The molecule has 23 heavy (non-hydrogen) atoms. The zero-order valence-electron chi connectivity index (χ0n) is 12.9. The number of hydrogen-bond donors (Lipinski definition) is 3. The second-order valence-corrected chi connectivity index (χ2v) is 6.82. The lowest BCUT2D eigenvalue weighted by Crippen LogP contribution is -2.39. The van der Waals surface area contributed by atoms with E-state index in [0.29, 0.717) is 17.5 Å². The molecule has 7 nitrogen and oxygen atoms in total. The third-order valence-corrected chi connectivity index (χ3v) is 4.64. The summed E-state index contributed by atoms with van der Waals surface area (Å²) in [4.78, 5) is 21.8. The van der Waals surface area contributed by atoms with Gasteiger partial charge in [-0.05, 0) is 43.5 Å². The zero-order chi connectivity index (χ0) is 16.1. The van der Waals surface area contributed by atoms with Gasteiger partial charge in [0.15, 0.2) is 11.5 Å². The summed E-state index contributed by atoms with van der Waals surface area (Å²) in [7, 11) is 0. The number of aromatic amines is 1. The molecule has 0 aliphatic carbocycles. The largest absolute Gasteiger partial charge is 0.342 e. The van der Waals surface area contributed by atoms with Crippen LogP contribution >= 0.6 is 15.9 Å². The first-order chi connectivity index (χ1) is 11.0. The van der Waals surface area contributed by atoms with Crippen molar-refractivity contribution >= 4 is 39.1 Å². The molecule has 1 aromatic heterocycles. The van der Waals surface area contributed by atoms with E-state index in [-0.39, 0.29) is 5.56 Å². The summed E-state index contributed by atoms with van der Waals surface area (Å²) in [5, 5.41) is 1.75. The highest BCUT2D eigenvalue weighted by Gasteiger charge is 2.27. The van der Waals surface area contributed by atoms with E-state index in [4.69, 9.17) is 0 Å². The SMILES string of the molecule is Cc1cc(Br)cc(C)c1N1Nc2nc(N3CCC3)[nH]c(=O)c2N1. The van der Waals surface area contributed by atoms with Crippen LogP contribution in [0.2, 0.25) is 0 Å². The number of aromatic nitrogens is 2. The molecule has 0 bridgehead atoms. The topological polar surface area (TPSA) is 76.3 Å². The molecule has 1 saturated heterocycles. The highest BCUT2D eigenvalue weighted by Crippen LogP contribution is 2.33. The first kappa shape index (κ1) is 14.4. The van der Waals surface area contributed by atoms with Gasteiger partial charge in [-0.1, -0.05) is 15.9 Å². The number of hydrazine groups is 2.